The van der Waals surface area contributed by atoms with Gasteiger partial charge in [-0.1, -0.05) is 31.5 Å². The Bertz CT molecular complexity index is 623. The zero-order valence-corrected chi connectivity index (χ0v) is 15.5. The SMILES string of the molecule is CCCCN(C(=O)C1CCN(S(=O)(=O)CC)CC1)c1ccccc1. The van der Waals surface area contributed by atoms with Crippen LogP contribution in [0.25, 0.3) is 0 Å². The molecule has 0 aliphatic carbocycles. The molecule has 0 saturated carbocycles. The number of nitrogens with zero attached hydrogens (tertiary/aromatic N) is 2. The molecular formula is C18H28N2O3S. The third-order valence-corrected chi connectivity index (χ3v) is 6.51. The zero-order valence-electron chi connectivity index (χ0n) is 14.6. The van der Waals surface area contributed by atoms with Crippen molar-refractivity contribution in [1.29, 1.82) is 0 Å². The highest BCUT2D eigenvalue weighted by Crippen LogP contribution is 2.25. The van der Waals surface area contributed by atoms with Crippen molar-refractivity contribution in [2.75, 3.05) is 30.3 Å². The minimum Gasteiger partial charge on any atom is -0.312 e. The zero-order chi connectivity index (χ0) is 17.6. The monoisotopic (exact) mass is 352 g/mol. The molecule has 6 heteroatoms. The first-order valence-corrected chi connectivity index (χ1v) is 10.4. The van der Waals surface area contributed by atoms with Gasteiger partial charge in [0.15, 0.2) is 0 Å². The van der Waals surface area contributed by atoms with Crippen molar-refractivity contribution >= 4 is 21.6 Å². The van der Waals surface area contributed by atoms with Crippen LogP contribution >= 0.6 is 0 Å². The molecule has 1 saturated heterocycles. The smallest absolute Gasteiger partial charge is 0.230 e. The molecule has 1 aliphatic heterocycles. The first-order chi connectivity index (χ1) is 11.5. The Labute approximate surface area is 145 Å². The molecule has 134 valence electrons. The Morgan fingerprint density at radius 1 is 1.17 bits per heavy atom. The molecule has 1 aliphatic rings. The molecule has 1 aromatic carbocycles. The van der Waals surface area contributed by atoms with E-state index in [4.69, 9.17) is 0 Å². The van der Waals surface area contributed by atoms with E-state index in [-0.39, 0.29) is 17.6 Å². The number of carbonyl (C=O) groups excluding carboxylic acids is 1. The van der Waals surface area contributed by atoms with Crippen molar-refractivity contribution in [3.8, 4) is 0 Å². The Morgan fingerprint density at radius 3 is 2.33 bits per heavy atom. The predicted octanol–water partition coefficient (Wildman–Crippen LogP) is 2.88. The van der Waals surface area contributed by atoms with Crippen LogP contribution in [0.5, 0.6) is 0 Å². The van der Waals surface area contributed by atoms with E-state index in [1.165, 1.54) is 4.31 Å². The fourth-order valence-electron chi connectivity index (χ4n) is 3.07. The minimum atomic E-state index is -3.15. The van der Waals surface area contributed by atoms with E-state index in [2.05, 4.69) is 6.92 Å². The maximum atomic E-state index is 13.0. The van der Waals surface area contributed by atoms with Gasteiger partial charge in [0.05, 0.1) is 5.75 Å². The lowest BCUT2D eigenvalue weighted by Gasteiger charge is -2.33. The van der Waals surface area contributed by atoms with Crippen molar-refractivity contribution in [2.24, 2.45) is 5.92 Å². The second kappa shape index (κ2) is 8.62. The van der Waals surface area contributed by atoms with Crippen molar-refractivity contribution < 1.29 is 13.2 Å². The number of anilines is 1. The van der Waals surface area contributed by atoms with Crippen molar-refractivity contribution in [1.82, 2.24) is 4.31 Å². The highest BCUT2D eigenvalue weighted by molar-refractivity contribution is 7.89. The molecule has 1 aromatic rings. The Balaban J connectivity index is 2.06. The van der Waals surface area contributed by atoms with E-state index in [0.717, 1.165) is 18.5 Å². The standard InChI is InChI=1S/C18H28N2O3S/c1-3-5-13-20(17-9-7-6-8-10-17)18(21)16-11-14-19(15-12-16)24(22,23)4-2/h6-10,16H,3-5,11-15H2,1-2H3. The normalized spacial score (nSPS) is 16.9. The fourth-order valence-corrected chi connectivity index (χ4v) is 4.21. The average molecular weight is 353 g/mol. The summed E-state index contributed by atoms with van der Waals surface area (Å²) in [5, 5.41) is 0. The molecule has 1 heterocycles. The van der Waals surface area contributed by atoms with Gasteiger partial charge in [0.1, 0.15) is 0 Å². The van der Waals surface area contributed by atoms with Crippen molar-refractivity contribution in [3.05, 3.63) is 30.3 Å². The van der Waals surface area contributed by atoms with E-state index in [1.807, 2.05) is 35.2 Å². The minimum absolute atomic E-state index is 0.0923. The number of para-hydroxylation sites is 1. The summed E-state index contributed by atoms with van der Waals surface area (Å²) < 4.78 is 25.4. The topological polar surface area (TPSA) is 57.7 Å². The molecule has 0 N–H and O–H groups in total. The lowest BCUT2D eigenvalue weighted by Crippen LogP contribution is -2.45. The lowest BCUT2D eigenvalue weighted by molar-refractivity contribution is -0.123. The van der Waals surface area contributed by atoms with Gasteiger partial charge in [-0.25, -0.2) is 12.7 Å². The summed E-state index contributed by atoms with van der Waals surface area (Å²) in [5.74, 6) is 0.159. The second-order valence-corrected chi connectivity index (χ2v) is 8.51. The van der Waals surface area contributed by atoms with Crippen LogP contribution in [0.4, 0.5) is 5.69 Å². The van der Waals surface area contributed by atoms with E-state index in [0.29, 0.717) is 32.5 Å². The Kier molecular flexibility index (Phi) is 6.80. The van der Waals surface area contributed by atoms with Gasteiger partial charge in [-0.3, -0.25) is 4.79 Å². The maximum absolute atomic E-state index is 13.0. The summed E-state index contributed by atoms with van der Waals surface area (Å²) in [4.78, 5) is 14.9. The third-order valence-electron chi connectivity index (χ3n) is 4.63. The van der Waals surface area contributed by atoms with Crippen LogP contribution in [0.2, 0.25) is 0 Å². The molecule has 24 heavy (non-hydrogen) atoms. The second-order valence-electron chi connectivity index (χ2n) is 6.25. The van der Waals surface area contributed by atoms with Crippen LogP contribution in [0, 0.1) is 5.92 Å². The molecule has 1 fully saturated rings. The van der Waals surface area contributed by atoms with Gasteiger partial charge >= 0.3 is 0 Å². The summed E-state index contributed by atoms with van der Waals surface area (Å²) in [5.41, 5.74) is 0.930. The van der Waals surface area contributed by atoms with Crippen LogP contribution in [-0.2, 0) is 14.8 Å². The molecule has 0 radical (unpaired) electrons. The fraction of sp³-hybridized carbons (Fsp3) is 0.611. The van der Waals surface area contributed by atoms with Crippen molar-refractivity contribution in [3.63, 3.8) is 0 Å². The van der Waals surface area contributed by atoms with Crippen molar-refractivity contribution in [2.45, 2.75) is 39.5 Å². The summed E-state index contributed by atoms with van der Waals surface area (Å²) >= 11 is 0. The highest BCUT2D eigenvalue weighted by Gasteiger charge is 2.32. The van der Waals surface area contributed by atoms with Gasteiger partial charge in [-0.2, -0.15) is 0 Å². The number of rotatable bonds is 7. The van der Waals surface area contributed by atoms with E-state index in [9.17, 15) is 13.2 Å². The molecule has 0 bridgehead atoms. The molecule has 0 aromatic heterocycles. The van der Waals surface area contributed by atoms with Gasteiger partial charge in [-0.05, 0) is 38.3 Å². The first-order valence-electron chi connectivity index (χ1n) is 8.83. The number of sulfonamides is 1. The molecule has 0 unspecified atom stereocenters. The molecule has 0 spiro atoms. The lowest BCUT2D eigenvalue weighted by atomic mass is 9.96. The molecule has 2 rings (SSSR count). The first kappa shape index (κ1) is 18.9. The summed E-state index contributed by atoms with van der Waals surface area (Å²) in [7, 11) is -3.15. The number of amides is 1. The van der Waals surface area contributed by atoms with Crippen LogP contribution in [0.1, 0.15) is 39.5 Å². The molecular weight excluding hydrogens is 324 g/mol. The van der Waals surface area contributed by atoms with Crippen LogP contribution < -0.4 is 4.90 Å². The number of hydrogen-bond acceptors (Lipinski definition) is 3. The van der Waals surface area contributed by atoms with E-state index >= 15 is 0 Å². The third kappa shape index (κ3) is 4.57. The Hall–Kier alpha value is -1.40. The van der Waals surface area contributed by atoms with Gasteiger partial charge in [0.2, 0.25) is 15.9 Å². The Morgan fingerprint density at radius 2 is 1.79 bits per heavy atom. The van der Waals surface area contributed by atoms with Gasteiger partial charge in [-0.15, -0.1) is 0 Å². The summed E-state index contributed by atoms with van der Waals surface area (Å²) in [6.07, 6.45) is 3.20. The number of benzene rings is 1. The van der Waals surface area contributed by atoms with E-state index in [1.54, 1.807) is 6.92 Å². The number of unbranched alkanes of at least 4 members (excludes halogenated alkanes) is 1. The summed E-state index contributed by atoms with van der Waals surface area (Å²) in [6, 6.07) is 9.75. The largest absolute Gasteiger partial charge is 0.312 e. The van der Waals surface area contributed by atoms with Crippen LogP contribution in [0.15, 0.2) is 30.3 Å². The number of hydrogen-bond donors (Lipinski definition) is 0. The quantitative estimate of drug-likeness (QED) is 0.758. The predicted molar refractivity (Wildman–Crippen MR) is 97.5 cm³/mol. The van der Waals surface area contributed by atoms with Gasteiger partial charge < -0.3 is 4.90 Å². The summed E-state index contributed by atoms with van der Waals surface area (Å²) in [6.45, 7) is 5.38. The van der Waals surface area contributed by atoms with Gasteiger partial charge in [0, 0.05) is 31.2 Å². The number of carbonyl (C=O) groups is 1. The van der Waals surface area contributed by atoms with Crippen LogP contribution in [-0.4, -0.2) is 44.0 Å². The molecule has 5 nitrogen and oxygen atoms in total. The molecule has 1 amide bonds. The number of piperidine rings is 1. The van der Waals surface area contributed by atoms with E-state index < -0.39 is 10.0 Å². The average Bonchev–Trinajstić information content (AvgIpc) is 2.63. The maximum Gasteiger partial charge on any atom is 0.230 e. The molecule has 0 atom stereocenters. The van der Waals surface area contributed by atoms with Gasteiger partial charge in [0.25, 0.3) is 0 Å². The van der Waals surface area contributed by atoms with Crippen LogP contribution in [0.3, 0.4) is 0 Å². The highest BCUT2D eigenvalue weighted by atomic mass is 32.2.